The Kier molecular flexibility index (Phi) is 5.18. The van der Waals surface area contributed by atoms with Gasteiger partial charge in [0.25, 0.3) is 5.91 Å². The summed E-state index contributed by atoms with van der Waals surface area (Å²) in [6.07, 6.45) is 4.26. The zero-order valence-electron chi connectivity index (χ0n) is 16.3. The van der Waals surface area contributed by atoms with E-state index in [0.717, 1.165) is 35.5 Å². The van der Waals surface area contributed by atoms with Crippen LogP contribution in [-0.4, -0.2) is 51.8 Å². The van der Waals surface area contributed by atoms with Gasteiger partial charge in [0.2, 0.25) is 5.88 Å². The van der Waals surface area contributed by atoms with Gasteiger partial charge in [0, 0.05) is 31.2 Å². The van der Waals surface area contributed by atoms with E-state index < -0.39 is 0 Å². The number of hydrogen-bond acceptors (Lipinski definition) is 5. The first-order chi connectivity index (χ1) is 14.0. The average Bonchev–Trinajstić information content (AvgIpc) is 3.37. The number of hydrogen-bond donors (Lipinski definition) is 3. The summed E-state index contributed by atoms with van der Waals surface area (Å²) in [4.78, 5) is 23.4. The molecular weight excluding hydrogens is 368 g/mol. The van der Waals surface area contributed by atoms with E-state index in [0.29, 0.717) is 22.8 Å². The van der Waals surface area contributed by atoms with E-state index in [1.165, 1.54) is 19.9 Å². The zero-order valence-corrected chi connectivity index (χ0v) is 16.3. The lowest BCUT2D eigenvalue weighted by Gasteiger charge is -2.15. The van der Waals surface area contributed by atoms with Gasteiger partial charge in [0.1, 0.15) is 5.69 Å². The Balaban J connectivity index is 1.58. The standard InChI is InChI=1S/C21H24N6O2/c1-26(21(22)23)20(28)16-12-15-5-4-6-17(19(15)25-16)29-18-11-14(7-8-24-18)13-27-9-2-3-10-27/h4-8,11-12,25H,2-3,9-10,13H2,1H3,(H3,22,23). The molecule has 0 saturated carbocycles. The third-order valence-corrected chi connectivity index (χ3v) is 5.13. The summed E-state index contributed by atoms with van der Waals surface area (Å²) in [5.41, 5.74) is 7.60. The highest BCUT2D eigenvalue weighted by molar-refractivity contribution is 6.06. The van der Waals surface area contributed by atoms with Crippen LogP contribution in [-0.2, 0) is 6.54 Å². The van der Waals surface area contributed by atoms with Crippen molar-refractivity contribution in [1.82, 2.24) is 19.8 Å². The molecule has 1 aliphatic rings. The van der Waals surface area contributed by atoms with Crippen LogP contribution in [0.3, 0.4) is 0 Å². The smallest absolute Gasteiger partial charge is 0.276 e. The van der Waals surface area contributed by atoms with Crippen molar-refractivity contribution in [2.24, 2.45) is 5.73 Å². The number of fused-ring (bicyclic) bond motifs is 1. The molecule has 29 heavy (non-hydrogen) atoms. The predicted molar refractivity (Wildman–Crippen MR) is 111 cm³/mol. The number of para-hydroxylation sites is 1. The van der Waals surface area contributed by atoms with E-state index in [1.54, 1.807) is 12.3 Å². The molecule has 0 bridgehead atoms. The van der Waals surface area contributed by atoms with Crippen LogP contribution in [0, 0.1) is 5.41 Å². The van der Waals surface area contributed by atoms with Crippen LogP contribution in [0.1, 0.15) is 28.9 Å². The molecule has 0 aliphatic carbocycles. The molecule has 0 radical (unpaired) electrons. The number of aromatic amines is 1. The first-order valence-corrected chi connectivity index (χ1v) is 9.60. The molecule has 8 heteroatoms. The fourth-order valence-corrected chi connectivity index (χ4v) is 3.53. The molecule has 1 fully saturated rings. The van der Waals surface area contributed by atoms with Crippen LogP contribution in [0.2, 0.25) is 0 Å². The normalized spacial score (nSPS) is 14.2. The van der Waals surface area contributed by atoms with Gasteiger partial charge in [-0.3, -0.25) is 20.0 Å². The molecule has 1 aliphatic heterocycles. The Morgan fingerprint density at radius 2 is 2.10 bits per heavy atom. The number of guanidine groups is 1. The minimum atomic E-state index is -0.384. The Bertz CT molecular complexity index is 1050. The fraction of sp³-hybridized carbons (Fsp3) is 0.286. The second-order valence-electron chi connectivity index (χ2n) is 7.24. The first kappa shape index (κ1) is 18.9. The number of aromatic nitrogens is 2. The molecule has 0 spiro atoms. The molecule has 2 aromatic heterocycles. The lowest BCUT2D eigenvalue weighted by Crippen LogP contribution is -2.38. The van der Waals surface area contributed by atoms with Crippen molar-refractivity contribution in [1.29, 1.82) is 5.41 Å². The van der Waals surface area contributed by atoms with E-state index in [1.807, 2.05) is 30.3 Å². The third-order valence-electron chi connectivity index (χ3n) is 5.13. The van der Waals surface area contributed by atoms with Crippen LogP contribution in [0.5, 0.6) is 11.6 Å². The largest absolute Gasteiger partial charge is 0.437 e. The number of rotatable bonds is 5. The average molecular weight is 392 g/mol. The van der Waals surface area contributed by atoms with Crippen molar-refractivity contribution in [3.8, 4) is 11.6 Å². The van der Waals surface area contributed by atoms with E-state index in [2.05, 4.69) is 14.9 Å². The lowest BCUT2D eigenvalue weighted by atomic mass is 10.2. The van der Waals surface area contributed by atoms with Crippen LogP contribution in [0.4, 0.5) is 0 Å². The van der Waals surface area contributed by atoms with E-state index in [-0.39, 0.29) is 11.9 Å². The summed E-state index contributed by atoms with van der Waals surface area (Å²) in [7, 11) is 1.46. The molecule has 3 aromatic rings. The Hall–Kier alpha value is -3.39. The predicted octanol–water partition coefficient (Wildman–Crippen LogP) is 2.92. The quantitative estimate of drug-likeness (QED) is 0.457. The Morgan fingerprint density at radius 3 is 2.86 bits per heavy atom. The second-order valence-corrected chi connectivity index (χ2v) is 7.24. The minimum absolute atomic E-state index is 0.316. The number of benzene rings is 1. The number of pyridine rings is 1. The monoisotopic (exact) mass is 392 g/mol. The number of amides is 1. The molecule has 1 amide bonds. The second kappa shape index (κ2) is 7.92. The van der Waals surface area contributed by atoms with Crippen molar-refractivity contribution in [2.45, 2.75) is 19.4 Å². The molecule has 4 rings (SSSR count). The van der Waals surface area contributed by atoms with E-state index in [4.69, 9.17) is 15.9 Å². The molecule has 150 valence electrons. The Labute approximate surface area is 168 Å². The van der Waals surface area contributed by atoms with Gasteiger partial charge in [0.15, 0.2) is 11.7 Å². The fourth-order valence-electron chi connectivity index (χ4n) is 3.53. The summed E-state index contributed by atoms with van der Waals surface area (Å²) >= 11 is 0. The maximum absolute atomic E-state index is 12.5. The van der Waals surface area contributed by atoms with Crippen LogP contribution >= 0.6 is 0 Å². The highest BCUT2D eigenvalue weighted by Gasteiger charge is 2.18. The number of ether oxygens (including phenoxy) is 1. The van der Waals surface area contributed by atoms with Crippen molar-refractivity contribution in [3.63, 3.8) is 0 Å². The zero-order chi connectivity index (χ0) is 20.4. The van der Waals surface area contributed by atoms with Crippen LogP contribution in [0.15, 0.2) is 42.6 Å². The van der Waals surface area contributed by atoms with Crippen LogP contribution < -0.4 is 10.5 Å². The summed E-state index contributed by atoms with van der Waals surface area (Å²) in [5.74, 6) is 0.393. The van der Waals surface area contributed by atoms with Gasteiger partial charge in [-0.15, -0.1) is 0 Å². The summed E-state index contributed by atoms with van der Waals surface area (Å²) in [6, 6.07) is 11.3. The molecule has 4 N–H and O–H groups in total. The van der Waals surface area contributed by atoms with Gasteiger partial charge in [-0.25, -0.2) is 4.98 Å². The van der Waals surface area contributed by atoms with E-state index in [9.17, 15) is 4.79 Å². The number of carbonyl (C=O) groups excluding carboxylic acids is 1. The third kappa shape index (κ3) is 4.07. The van der Waals surface area contributed by atoms with Gasteiger partial charge in [0.05, 0.1) is 5.52 Å². The topological polar surface area (TPSA) is 111 Å². The molecule has 3 heterocycles. The number of likely N-dealkylation sites (tertiary alicyclic amines) is 1. The molecule has 0 unspecified atom stereocenters. The lowest BCUT2D eigenvalue weighted by molar-refractivity contribution is 0.0864. The maximum atomic E-state index is 12.5. The van der Waals surface area contributed by atoms with Gasteiger partial charge in [-0.1, -0.05) is 12.1 Å². The van der Waals surface area contributed by atoms with Crippen molar-refractivity contribution >= 4 is 22.8 Å². The number of carbonyl (C=O) groups is 1. The Morgan fingerprint density at radius 1 is 1.31 bits per heavy atom. The molecule has 8 nitrogen and oxygen atoms in total. The van der Waals surface area contributed by atoms with Gasteiger partial charge >= 0.3 is 0 Å². The van der Waals surface area contributed by atoms with Crippen molar-refractivity contribution < 1.29 is 9.53 Å². The molecule has 0 atom stereocenters. The van der Waals surface area contributed by atoms with Gasteiger partial charge in [-0.05, 0) is 49.7 Å². The van der Waals surface area contributed by atoms with Gasteiger partial charge < -0.3 is 15.5 Å². The van der Waals surface area contributed by atoms with Gasteiger partial charge in [-0.2, -0.15) is 0 Å². The maximum Gasteiger partial charge on any atom is 0.276 e. The van der Waals surface area contributed by atoms with Crippen LogP contribution in [0.25, 0.3) is 10.9 Å². The summed E-state index contributed by atoms with van der Waals surface area (Å²) in [5, 5.41) is 8.27. The number of nitrogens with one attached hydrogen (secondary N) is 2. The highest BCUT2D eigenvalue weighted by Crippen LogP contribution is 2.30. The molecule has 1 saturated heterocycles. The SMILES string of the molecule is CN(C(=N)N)C(=O)c1cc2cccc(Oc3cc(CN4CCCC4)ccn3)c2[nH]1. The highest BCUT2D eigenvalue weighted by atomic mass is 16.5. The van der Waals surface area contributed by atoms with Crippen molar-refractivity contribution in [2.75, 3.05) is 20.1 Å². The summed E-state index contributed by atoms with van der Waals surface area (Å²) < 4.78 is 6.05. The molecule has 1 aromatic carbocycles. The summed E-state index contributed by atoms with van der Waals surface area (Å²) in [6.45, 7) is 3.15. The first-order valence-electron chi connectivity index (χ1n) is 9.60. The number of nitrogens with two attached hydrogens (primary N) is 1. The van der Waals surface area contributed by atoms with Crippen molar-refractivity contribution in [3.05, 3.63) is 53.9 Å². The number of H-pyrrole nitrogens is 1. The molecular formula is C21H24N6O2. The number of nitrogens with zero attached hydrogens (tertiary/aromatic N) is 3. The minimum Gasteiger partial charge on any atom is -0.437 e. The van der Waals surface area contributed by atoms with E-state index >= 15 is 0 Å².